The average molecular weight is 349 g/mol. The number of morpholine rings is 1. The molecule has 0 unspecified atom stereocenters. The zero-order chi connectivity index (χ0) is 17.9. The standard InChI is InChI=1S/C21H24N4O/c1-16-7-5-6-10-19(16)25-21(22)20(17-8-3-2-4-9-17)18(23-25)15-24-11-13-26-14-12-24/h2-10H,11-15,22H2,1H3/p+1. The van der Waals surface area contributed by atoms with E-state index in [4.69, 9.17) is 15.6 Å². The third-order valence-corrected chi connectivity index (χ3v) is 5.02. The van der Waals surface area contributed by atoms with Crippen LogP contribution in [0.3, 0.4) is 0 Å². The third kappa shape index (κ3) is 3.23. The molecular formula is C21H25N4O+. The molecule has 2 heterocycles. The lowest BCUT2D eigenvalue weighted by Crippen LogP contribution is -3.12. The number of nitrogens with zero attached hydrogens (tertiary/aromatic N) is 2. The molecule has 2 aromatic carbocycles. The number of anilines is 1. The summed E-state index contributed by atoms with van der Waals surface area (Å²) < 4.78 is 7.39. The van der Waals surface area contributed by atoms with Gasteiger partial charge in [-0.05, 0) is 24.1 Å². The van der Waals surface area contributed by atoms with Crippen molar-refractivity contribution in [1.82, 2.24) is 9.78 Å². The highest BCUT2D eigenvalue weighted by molar-refractivity contribution is 5.77. The highest BCUT2D eigenvalue weighted by Gasteiger charge is 2.23. The van der Waals surface area contributed by atoms with Crippen molar-refractivity contribution in [2.75, 3.05) is 32.0 Å². The topological polar surface area (TPSA) is 57.5 Å². The van der Waals surface area contributed by atoms with Crippen molar-refractivity contribution in [3.63, 3.8) is 0 Å². The first-order valence-corrected chi connectivity index (χ1v) is 9.14. The maximum atomic E-state index is 6.61. The summed E-state index contributed by atoms with van der Waals surface area (Å²) in [7, 11) is 0. The molecule has 3 aromatic rings. The highest BCUT2D eigenvalue weighted by Crippen LogP contribution is 2.32. The number of nitrogen functional groups attached to an aromatic ring is 1. The molecule has 1 aromatic heterocycles. The Hall–Kier alpha value is -2.63. The normalized spacial score (nSPS) is 15.3. The second-order valence-electron chi connectivity index (χ2n) is 6.81. The van der Waals surface area contributed by atoms with Crippen molar-refractivity contribution in [1.29, 1.82) is 0 Å². The molecule has 0 spiro atoms. The van der Waals surface area contributed by atoms with E-state index >= 15 is 0 Å². The Kier molecular flexibility index (Phi) is 4.73. The highest BCUT2D eigenvalue weighted by atomic mass is 16.5. The summed E-state index contributed by atoms with van der Waals surface area (Å²) in [5.74, 6) is 0.702. The SMILES string of the molecule is Cc1ccccc1-n1nc(C[NH+]2CCOCC2)c(-c2ccccc2)c1N. The van der Waals surface area contributed by atoms with Crippen LogP contribution in [0.15, 0.2) is 54.6 Å². The van der Waals surface area contributed by atoms with Crippen LogP contribution in [0.2, 0.25) is 0 Å². The van der Waals surface area contributed by atoms with Gasteiger partial charge in [0, 0.05) is 0 Å². The number of nitrogens with two attached hydrogens (primary N) is 1. The summed E-state index contributed by atoms with van der Waals surface area (Å²) in [6.45, 7) is 6.58. The van der Waals surface area contributed by atoms with Crippen molar-refractivity contribution in [3.05, 3.63) is 65.9 Å². The van der Waals surface area contributed by atoms with Gasteiger partial charge in [0.05, 0.1) is 24.5 Å². The fraction of sp³-hybridized carbons (Fsp3) is 0.286. The molecular weight excluding hydrogens is 324 g/mol. The van der Waals surface area contributed by atoms with Crippen LogP contribution < -0.4 is 10.6 Å². The van der Waals surface area contributed by atoms with Gasteiger partial charge in [0.1, 0.15) is 31.1 Å². The number of aryl methyl sites for hydroxylation is 1. The molecule has 0 bridgehead atoms. The molecule has 0 aliphatic carbocycles. The van der Waals surface area contributed by atoms with Gasteiger partial charge < -0.3 is 15.4 Å². The smallest absolute Gasteiger partial charge is 0.135 e. The summed E-state index contributed by atoms with van der Waals surface area (Å²) in [6, 6.07) is 18.6. The van der Waals surface area contributed by atoms with Crippen LogP contribution in [0, 0.1) is 6.92 Å². The van der Waals surface area contributed by atoms with E-state index in [1.165, 1.54) is 4.90 Å². The van der Waals surface area contributed by atoms with E-state index < -0.39 is 0 Å². The Labute approximate surface area is 154 Å². The van der Waals surface area contributed by atoms with Gasteiger partial charge in [0.2, 0.25) is 0 Å². The molecule has 0 amide bonds. The number of rotatable bonds is 4. The lowest BCUT2D eigenvalue weighted by molar-refractivity contribution is -0.921. The first-order valence-electron chi connectivity index (χ1n) is 9.14. The fourth-order valence-electron chi connectivity index (χ4n) is 3.58. The predicted molar refractivity (Wildman–Crippen MR) is 103 cm³/mol. The zero-order valence-electron chi connectivity index (χ0n) is 15.1. The van der Waals surface area contributed by atoms with Crippen LogP contribution in [-0.4, -0.2) is 36.1 Å². The maximum Gasteiger partial charge on any atom is 0.135 e. The Bertz CT molecular complexity index is 882. The molecule has 1 fully saturated rings. The van der Waals surface area contributed by atoms with Crippen molar-refractivity contribution in [2.45, 2.75) is 13.5 Å². The third-order valence-electron chi connectivity index (χ3n) is 5.02. The summed E-state index contributed by atoms with van der Waals surface area (Å²) in [4.78, 5) is 1.49. The van der Waals surface area contributed by atoms with Crippen molar-refractivity contribution in [3.8, 4) is 16.8 Å². The Morgan fingerprint density at radius 3 is 2.46 bits per heavy atom. The minimum absolute atomic E-state index is 0.702. The number of quaternary nitrogens is 1. The van der Waals surface area contributed by atoms with Crippen LogP contribution in [0.1, 0.15) is 11.3 Å². The average Bonchev–Trinajstić information content (AvgIpc) is 2.99. The Morgan fingerprint density at radius 2 is 1.73 bits per heavy atom. The summed E-state index contributed by atoms with van der Waals surface area (Å²) in [5, 5.41) is 4.94. The maximum absolute atomic E-state index is 6.61. The van der Waals surface area contributed by atoms with Crippen LogP contribution >= 0.6 is 0 Å². The number of nitrogens with one attached hydrogen (secondary N) is 1. The number of hydrogen-bond acceptors (Lipinski definition) is 3. The summed E-state index contributed by atoms with van der Waals surface area (Å²) in [5.41, 5.74) is 12.0. The fourth-order valence-corrected chi connectivity index (χ4v) is 3.58. The minimum atomic E-state index is 0.702. The summed E-state index contributed by atoms with van der Waals surface area (Å²) >= 11 is 0. The van der Waals surface area contributed by atoms with Gasteiger partial charge in [0.15, 0.2) is 0 Å². The molecule has 4 rings (SSSR count). The van der Waals surface area contributed by atoms with Gasteiger partial charge >= 0.3 is 0 Å². The lowest BCUT2D eigenvalue weighted by atomic mass is 10.0. The number of ether oxygens (including phenoxy) is 1. The molecule has 1 aliphatic rings. The van der Waals surface area contributed by atoms with Crippen molar-refractivity contribution in [2.24, 2.45) is 0 Å². The molecule has 0 atom stereocenters. The minimum Gasteiger partial charge on any atom is -0.383 e. The summed E-state index contributed by atoms with van der Waals surface area (Å²) in [6.07, 6.45) is 0. The molecule has 26 heavy (non-hydrogen) atoms. The Balaban J connectivity index is 1.81. The number of aromatic nitrogens is 2. The van der Waals surface area contributed by atoms with Crippen molar-refractivity contribution < 1.29 is 9.64 Å². The quantitative estimate of drug-likeness (QED) is 0.756. The Morgan fingerprint density at radius 1 is 1.04 bits per heavy atom. The van der Waals surface area contributed by atoms with Gasteiger partial charge in [-0.15, -0.1) is 0 Å². The second kappa shape index (κ2) is 7.32. The monoisotopic (exact) mass is 349 g/mol. The van der Waals surface area contributed by atoms with E-state index in [9.17, 15) is 0 Å². The molecule has 1 aliphatic heterocycles. The zero-order valence-corrected chi connectivity index (χ0v) is 15.1. The van der Waals surface area contributed by atoms with Gasteiger partial charge in [-0.25, -0.2) is 4.68 Å². The van der Waals surface area contributed by atoms with E-state index in [-0.39, 0.29) is 0 Å². The molecule has 3 N–H and O–H groups in total. The first kappa shape index (κ1) is 16.8. The molecule has 134 valence electrons. The van der Waals surface area contributed by atoms with E-state index in [1.54, 1.807) is 0 Å². The van der Waals surface area contributed by atoms with Crippen LogP contribution in [0.4, 0.5) is 5.82 Å². The van der Waals surface area contributed by atoms with E-state index in [1.807, 2.05) is 35.0 Å². The van der Waals surface area contributed by atoms with Crippen LogP contribution in [0.5, 0.6) is 0 Å². The van der Waals surface area contributed by atoms with E-state index in [0.29, 0.717) is 5.82 Å². The second-order valence-corrected chi connectivity index (χ2v) is 6.81. The van der Waals surface area contributed by atoms with Gasteiger partial charge in [0.25, 0.3) is 0 Å². The largest absolute Gasteiger partial charge is 0.383 e. The van der Waals surface area contributed by atoms with Gasteiger partial charge in [-0.1, -0.05) is 48.5 Å². The number of para-hydroxylation sites is 1. The molecule has 0 saturated carbocycles. The number of hydrogen-bond donors (Lipinski definition) is 2. The first-order chi connectivity index (χ1) is 12.7. The molecule has 5 nitrogen and oxygen atoms in total. The molecule has 1 saturated heterocycles. The van der Waals surface area contributed by atoms with Crippen molar-refractivity contribution >= 4 is 5.82 Å². The molecule has 5 heteroatoms. The van der Waals surface area contributed by atoms with Gasteiger partial charge in [-0.3, -0.25) is 0 Å². The predicted octanol–water partition coefficient (Wildman–Crippen LogP) is 1.85. The van der Waals surface area contributed by atoms with E-state index in [2.05, 4.69) is 31.2 Å². The lowest BCUT2D eigenvalue weighted by Gasteiger charge is -2.23. The molecule has 0 radical (unpaired) electrons. The van der Waals surface area contributed by atoms with Gasteiger partial charge in [-0.2, -0.15) is 5.10 Å². The van der Waals surface area contributed by atoms with Crippen LogP contribution in [0.25, 0.3) is 16.8 Å². The van der Waals surface area contributed by atoms with E-state index in [0.717, 1.165) is 60.9 Å². The number of benzene rings is 2. The van der Waals surface area contributed by atoms with Crippen LogP contribution in [-0.2, 0) is 11.3 Å².